The van der Waals surface area contributed by atoms with Crippen LogP contribution < -0.4 is 30.8 Å². The summed E-state index contributed by atoms with van der Waals surface area (Å²) in [5, 5.41) is 6.01. The van der Waals surface area contributed by atoms with Gasteiger partial charge < -0.3 is 24.5 Å². The van der Waals surface area contributed by atoms with Gasteiger partial charge in [0.25, 0.3) is 10.9 Å². The Labute approximate surface area is 207 Å². The smallest absolute Gasteiger partial charge is 0.253 e. The molecule has 2 aliphatic rings. The van der Waals surface area contributed by atoms with Crippen LogP contribution in [0.5, 0.6) is 0 Å². The summed E-state index contributed by atoms with van der Waals surface area (Å²) >= 11 is 0. The molecule has 1 saturated carbocycles. The SMILES string of the molecule is CNc1c(NCC(C)(C)OP2N(c3ccccc3)[C@@H]3CCCC[C@H]3N2c2ccccc2)c(=O)c1=O. The van der Waals surface area contributed by atoms with E-state index < -0.39 is 24.9 Å². The van der Waals surface area contributed by atoms with Gasteiger partial charge in [-0.15, -0.1) is 0 Å². The number of rotatable bonds is 8. The van der Waals surface area contributed by atoms with Crippen molar-refractivity contribution >= 4 is 31.2 Å². The maximum absolute atomic E-state index is 12.1. The molecule has 0 aromatic heterocycles. The van der Waals surface area contributed by atoms with E-state index in [9.17, 15) is 9.59 Å². The van der Waals surface area contributed by atoms with E-state index in [0.717, 1.165) is 12.8 Å². The Bertz CT molecular complexity index is 1170. The second kappa shape index (κ2) is 9.63. The molecule has 0 bridgehead atoms. The zero-order valence-electron chi connectivity index (χ0n) is 20.5. The lowest BCUT2D eigenvalue weighted by Gasteiger charge is -2.38. The topological polar surface area (TPSA) is 73.9 Å². The Morgan fingerprint density at radius 2 is 1.34 bits per heavy atom. The Morgan fingerprint density at radius 1 is 0.857 bits per heavy atom. The predicted molar refractivity (Wildman–Crippen MR) is 145 cm³/mol. The first-order chi connectivity index (χ1) is 16.9. The van der Waals surface area contributed by atoms with Gasteiger partial charge in [0.2, 0.25) is 8.45 Å². The molecular weight excluding hydrogens is 459 g/mol. The first kappa shape index (κ1) is 23.8. The highest BCUT2D eigenvalue weighted by Gasteiger charge is 2.51. The highest BCUT2D eigenvalue weighted by molar-refractivity contribution is 7.56. The van der Waals surface area contributed by atoms with Gasteiger partial charge in [-0.25, -0.2) is 0 Å². The molecule has 2 fully saturated rings. The molecule has 2 atom stereocenters. The van der Waals surface area contributed by atoms with E-state index in [1.807, 2.05) is 26.0 Å². The molecule has 0 radical (unpaired) electrons. The monoisotopic (exact) mass is 492 g/mol. The van der Waals surface area contributed by atoms with Gasteiger partial charge in [0.15, 0.2) is 0 Å². The lowest BCUT2D eigenvalue weighted by atomic mass is 9.90. The molecule has 1 saturated heterocycles. The molecule has 7 nitrogen and oxygen atoms in total. The van der Waals surface area contributed by atoms with Crippen LogP contribution in [0, 0.1) is 0 Å². The second-order valence-electron chi connectivity index (χ2n) is 9.89. The van der Waals surface area contributed by atoms with Crippen LogP contribution in [0.1, 0.15) is 39.5 Å². The predicted octanol–water partition coefficient (Wildman–Crippen LogP) is 5.10. The summed E-state index contributed by atoms with van der Waals surface area (Å²) in [6.07, 6.45) is 4.72. The molecule has 1 heterocycles. The van der Waals surface area contributed by atoms with Crippen molar-refractivity contribution in [3.05, 3.63) is 81.1 Å². The molecule has 0 amide bonds. The molecule has 2 N–H and O–H groups in total. The summed E-state index contributed by atoms with van der Waals surface area (Å²) in [7, 11) is 0.483. The average molecular weight is 493 g/mol. The third-order valence-corrected chi connectivity index (χ3v) is 9.36. The fourth-order valence-electron chi connectivity index (χ4n) is 5.20. The minimum atomic E-state index is -1.17. The fourth-order valence-corrected chi connectivity index (χ4v) is 7.80. The van der Waals surface area contributed by atoms with Crippen LogP contribution in [0.2, 0.25) is 0 Å². The maximum Gasteiger partial charge on any atom is 0.253 e. The molecule has 8 heteroatoms. The van der Waals surface area contributed by atoms with Crippen LogP contribution in [-0.2, 0) is 4.52 Å². The highest BCUT2D eigenvalue weighted by atomic mass is 31.2. The summed E-state index contributed by atoms with van der Waals surface area (Å²) in [5.74, 6) is 0. The third-order valence-electron chi connectivity index (χ3n) is 6.91. The largest absolute Gasteiger partial charge is 0.383 e. The van der Waals surface area contributed by atoms with Crippen LogP contribution in [0.25, 0.3) is 0 Å². The van der Waals surface area contributed by atoms with Gasteiger partial charge in [0.05, 0.1) is 17.7 Å². The Kier molecular flexibility index (Phi) is 6.56. The van der Waals surface area contributed by atoms with Gasteiger partial charge in [-0.3, -0.25) is 9.59 Å². The summed E-state index contributed by atoms with van der Waals surface area (Å²) in [4.78, 5) is 23.9. The zero-order chi connectivity index (χ0) is 24.6. The molecular formula is C27H33N4O3P. The number of anilines is 4. The number of hydrogen-bond donors (Lipinski definition) is 2. The van der Waals surface area contributed by atoms with Crippen molar-refractivity contribution in [2.75, 3.05) is 33.6 Å². The van der Waals surface area contributed by atoms with Crippen LogP contribution in [0.15, 0.2) is 70.3 Å². The minimum absolute atomic E-state index is 0.347. The molecule has 0 spiro atoms. The van der Waals surface area contributed by atoms with Crippen LogP contribution >= 0.6 is 8.45 Å². The van der Waals surface area contributed by atoms with E-state index in [1.54, 1.807) is 7.05 Å². The van der Waals surface area contributed by atoms with Gasteiger partial charge in [0.1, 0.15) is 11.4 Å². The normalized spacial score (nSPS) is 20.8. The highest BCUT2D eigenvalue weighted by Crippen LogP contribution is 2.62. The number of nitrogens with zero attached hydrogens (tertiary/aromatic N) is 2. The Morgan fingerprint density at radius 3 is 1.83 bits per heavy atom. The van der Waals surface area contributed by atoms with Crippen molar-refractivity contribution < 1.29 is 4.52 Å². The first-order valence-corrected chi connectivity index (χ1v) is 13.5. The lowest BCUT2D eigenvalue weighted by Crippen LogP contribution is -2.41. The van der Waals surface area contributed by atoms with Gasteiger partial charge >= 0.3 is 0 Å². The molecule has 3 aromatic carbocycles. The molecule has 1 aliphatic carbocycles. The van der Waals surface area contributed by atoms with Crippen molar-refractivity contribution in [3.63, 3.8) is 0 Å². The van der Waals surface area contributed by atoms with Gasteiger partial charge in [-0.05, 0) is 51.0 Å². The number of para-hydroxylation sites is 2. The molecule has 1 aliphatic heterocycles. The molecule has 0 unspecified atom stereocenters. The Balaban J connectivity index is 1.47. The van der Waals surface area contributed by atoms with Gasteiger partial charge in [-0.1, -0.05) is 49.2 Å². The second-order valence-corrected chi connectivity index (χ2v) is 11.4. The molecule has 184 valence electrons. The van der Waals surface area contributed by atoms with E-state index in [-0.39, 0.29) is 0 Å². The van der Waals surface area contributed by atoms with Crippen molar-refractivity contribution in [2.45, 2.75) is 57.2 Å². The number of nitrogens with one attached hydrogen (secondary N) is 2. The molecule has 5 rings (SSSR count). The van der Waals surface area contributed by atoms with Crippen molar-refractivity contribution in [1.82, 2.24) is 0 Å². The van der Waals surface area contributed by atoms with Gasteiger partial charge in [-0.2, -0.15) is 0 Å². The summed E-state index contributed by atoms with van der Waals surface area (Å²) < 4.78 is 12.0. The summed E-state index contributed by atoms with van der Waals surface area (Å²) in [6, 6.07) is 21.9. The lowest BCUT2D eigenvalue weighted by molar-refractivity contribution is 0.142. The van der Waals surface area contributed by atoms with Crippen LogP contribution in [0.3, 0.4) is 0 Å². The van der Waals surface area contributed by atoms with E-state index in [2.05, 4.69) is 68.5 Å². The van der Waals surface area contributed by atoms with E-state index in [0.29, 0.717) is 30.0 Å². The zero-order valence-corrected chi connectivity index (χ0v) is 21.4. The van der Waals surface area contributed by atoms with Gasteiger partial charge in [0, 0.05) is 25.0 Å². The Hall–Kier alpha value is -2.89. The van der Waals surface area contributed by atoms with E-state index in [4.69, 9.17) is 4.52 Å². The van der Waals surface area contributed by atoms with E-state index in [1.165, 1.54) is 24.2 Å². The van der Waals surface area contributed by atoms with Crippen molar-refractivity contribution in [1.29, 1.82) is 0 Å². The van der Waals surface area contributed by atoms with Crippen LogP contribution in [0.4, 0.5) is 22.7 Å². The fraction of sp³-hybridized carbons (Fsp3) is 0.407. The third kappa shape index (κ3) is 4.43. The number of hydrogen-bond acceptors (Lipinski definition) is 7. The minimum Gasteiger partial charge on any atom is -0.383 e. The quantitative estimate of drug-likeness (QED) is 0.335. The molecule has 3 aromatic rings. The van der Waals surface area contributed by atoms with Crippen LogP contribution in [-0.4, -0.2) is 31.3 Å². The standard InChI is InChI=1S/C27H33N4O3P/c1-27(2,18-29-24-23(28-3)25(32)26(24)33)34-35-30(19-12-6-4-7-13-19)21-16-10-11-17-22(21)31(35)20-14-8-5-9-15-20/h4-9,12-15,21-22,28-29H,10-11,16-18H2,1-3H3/t21-,22-/m1/s1. The average Bonchev–Trinajstić information content (AvgIpc) is 3.19. The van der Waals surface area contributed by atoms with E-state index >= 15 is 0 Å². The first-order valence-electron chi connectivity index (χ1n) is 12.3. The summed E-state index contributed by atoms with van der Waals surface area (Å²) in [5.41, 5.74) is 1.52. The number of benzene rings is 2. The van der Waals surface area contributed by atoms with Crippen molar-refractivity contribution in [3.8, 4) is 0 Å². The van der Waals surface area contributed by atoms with Crippen molar-refractivity contribution in [2.24, 2.45) is 0 Å². The maximum atomic E-state index is 12.1. The summed E-state index contributed by atoms with van der Waals surface area (Å²) in [6.45, 7) is 4.49. The number of fused-ring (bicyclic) bond motifs is 1. The molecule has 35 heavy (non-hydrogen) atoms.